The number of hydrogen-bond donors (Lipinski definition) is 2. The lowest BCUT2D eigenvalue weighted by Gasteiger charge is -2.13. The molecule has 1 aromatic heterocycles. The summed E-state index contributed by atoms with van der Waals surface area (Å²) in [7, 11) is 1.67. The number of nitrogens with one attached hydrogen (secondary N) is 2. The van der Waals surface area contributed by atoms with Gasteiger partial charge in [0.25, 0.3) is 5.91 Å². The summed E-state index contributed by atoms with van der Waals surface area (Å²) in [4.78, 5) is 21.1. The molecule has 0 atom stereocenters. The molecule has 0 saturated carbocycles. The molecule has 2 N–H and O–H groups in total. The molecule has 3 rings (SSSR count). The number of methoxy groups -OCH3 is 1. The Labute approximate surface area is 171 Å². The van der Waals surface area contributed by atoms with Crippen molar-refractivity contribution in [2.45, 2.75) is 27.2 Å². The second-order valence-electron chi connectivity index (χ2n) is 7.01. The first kappa shape index (κ1) is 20.3. The summed E-state index contributed by atoms with van der Waals surface area (Å²) in [5, 5.41) is 6.14. The van der Waals surface area contributed by atoms with Crippen molar-refractivity contribution in [3.8, 4) is 5.75 Å². The van der Waals surface area contributed by atoms with Crippen molar-refractivity contribution in [1.29, 1.82) is 0 Å². The van der Waals surface area contributed by atoms with E-state index in [2.05, 4.69) is 20.6 Å². The maximum absolute atomic E-state index is 12.6. The number of carbonyl (C=O) groups excluding carboxylic acids is 1. The van der Waals surface area contributed by atoms with Gasteiger partial charge in [0.2, 0.25) is 5.95 Å². The van der Waals surface area contributed by atoms with E-state index < -0.39 is 0 Å². The molecular formula is C23H26N4O2. The summed E-state index contributed by atoms with van der Waals surface area (Å²) < 4.78 is 5.36. The van der Waals surface area contributed by atoms with Crippen molar-refractivity contribution in [1.82, 2.24) is 9.97 Å². The number of para-hydroxylation sites is 1. The van der Waals surface area contributed by atoms with Gasteiger partial charge in [-0.25, -0.2) is 9.97 Å². The molecule has 0 saturated heterocycles. The molecule has 1 heterocycles. The zero-order valence-corrected chi connectivity index (χ0v) is 17.2. The molecule has 2 aromatic carbocycles. The largest absolute Gasteiger partial charge is 0.496 e. The number of carbonyl (C=O) groups is 1. The van der Waals surface area contributed by atoms with Gasteiger partial charge in [0, 0.05) is 24.6 Å². The Hall–Kier alpha value is -3.41. The number of aryl methyl sites for hydroxylation is 3. The number of benzene rings is 2. The molecule has 150 valence electrons. The van der Waals surface area contributed by atoms with E-state index in [1.54, 1.807) is 7.11 Å². The van der Waals surface area contributed by atoms with Gasteiger partial charge in [0.15, 0.2) is 0 Å². The number of nitrogens with zero attached hydrogens (tertiary/aromatic N) is 2. The Morgan fingerprint density at radius 3 is 2.34 bits per heavy atom. The van der Waals surface area contributed by atoms with Gasteiger partial charge < -0.3 is 15.4 Å². The minimum Gasteiger partial charge on any atom is -0.496 e. The zero-order valence-electron chi connectivity index (χ0n) is 17.2. The van der Waals surface area contributed by atoms with Crippen molar-refractivity contribution < 1.29 is 9.53 Å². The third kappa shape index (κ3) is 5.10. The number of amides is 1. The molecule has 1 amide bonds. The zero-order chi connectivity index (χ0) is 20.8. The van der Waals surface area contributed by atoms with Crippen LogP contribution in [0.4, 0.5) is 11.6 Å². The van der Waals surface area contributed by atoms with Crippen LogP contribution in [0.1, 0.15) is 32.6 Å². The first-order valence-corrected chi connectivity index (χ1v) is 9.55. The summed E-state index contributed by atoms with van der Waals surface area (Å²) in [6.07, 6.45) is 3.85. The molecule has 0 fully saturated rings. The van der Waals surface area contributed by atoms with E-state index in [1.165, 1.54) is 18.0 Å². The fourth-order valence-electron chi connectivity index (χ4n) is 3.32. The maximum atomic E-state index is 12.6. The number of anilines is 2. The molecule has 0 bridgehead atoms. The van der Waals surface area contributed by atoms with Crippen molar-refractivity contribution in [2.75, 3.05) is 24.3 Å². The quantitative estimate of drug-likeness (QED) is 0.628. The van der Waals surface area contributed by atoms with Crippen LogP contribution >= 0.6 is 0 Å². The van der Waals surface area contributed by atoms with Gasteiger partial charge in [0.1, 0.15) is 5.75 Å². The average Bonchev–Trinajstić information content (AvgIpc) is 2.71. The third-order valence-corrected chi connectivity index (χ3v) is 4.70. The number of rotatable bonds is 7. The van der Waals surface area contributed by atoms with Gasteiger partial charge in [-0.15, -0.1) is 0 Å². The molecule has 0 aliphatic heterocycles. The van der Waals surface area contributed by atoms with Gasteiger partial charge >= 0.3 is 0 Å². The maximum Gasteiger partial charge on any atom is 0.258 e. The predicted octanol–water partition coefficient (Wildman–Crippen LogP) is 4.32. The summed E-state index contributed by atoms with van der Waals surface area (Å²) in [6, 6.07) is 12.0. The smallest absolute Gasteiger partial charge is 0.258 e. The predicted molar refractivity (Wildman–Crippen MR) is 116 cm³/mol. The second kappa shape index (κ2) is 9.19. The van der Waals surface area contributed by atoms with Crippen LogP contribution in [-0.2, 0) is 6.42 Å². The Kier molecular flexibility index (Phi) is 6.44. The lowest BCUT2D eigenvalue weighted by molar-refractivity contribution is 0.102. The fraction of sp³-hybridized carbons (Fsp3) is 0.261. The van der Waals surface area contributed by atoms with E-state index in [1.807, 2.05) is 57.2 Å². The standard InChI is InChI=1S/C23H26N4O2/c1-15-11-16(2)21(17(3)12-15)27-22(28)19-13-25-23(26-14-19)24-10-9-18-7-5-6-8-20(18)29-4/h5-8,11-14H,9-10H2,1-4H3,(H,27,28)(H,24,25,26). The van der Waals surface area contributed by atoms with E-state index in [9.17, 15) is 4.79 Å². The van der Waals surface area contributed by atoms with E-state index >= 15 is 0 Å². The number of ether oxygens (including phenoxy) is 1. The highest BCUT2D eigenvalue weighted by Crippen LogP contribution is 2.22. The average molecular weight is 390 g/mol. The van der Waals surface area contributed by atoms with E-state index in [4.69, 9.17) is 4.74 Å². The van der Waals surface area contributed by atoms with Crippen molar-refractivity contribution in [2.24, 2.45) is 0 Å². The van der Waals surface area contributed by atoms with Crippen LogP contribution in [0.25, 0.3) is 0 Å². The van der Waals surface area contributed by atoms with Crippen LogP contribution in [-0.4, -0.2) is 29.5 Å². The molecule has 29 heavy (non-hydrogen) atoms. The van der Waals surface area contributed by atoms with Crippen LogP contribution in [0.15, 0.2) is 48.8 Å². The van der Waals surface area contributed by atoms with Crippen LogP contribution in [0.5, 0.6) is 5.75 Å². The lowest BCUT2D eigenvalue weighted by atomic mass is 10.0. The SMILES string of the molecule is COc1ccccc1CCNc1ncc(C(=O)Nc2c(C)cc(C)cc2C)cn1. The third-order valence-electron chi connectivity index (χ3n) is 4.70. The summed E-state index contributed by atoms with van der Waals surface area (Å²) >= 11 is 0. The normalized spacial score (nSPS) is 10.5. The number of aromatic nitrogens is 2. The highest BCUT2D eigenvalue weighted by Gasteiger charge is 2.11. The molecule has 6 heteroatoms. The molecule has 0 unspecified atom stereocenters. The Bertz CT molecular complexity index is 977. The molecule has 0 aliphatic rings. The summed E-state index contributed by atoms with van der Waals surface area (Å²) in [5.41, 5.74) is 5.60. The molecule has 3 aromatic rings. The van der Waals surface area contributed by atoms with Gasteiger partial charge in [-0.3, -0.25) is 4.79 Å². The van der Waals surface area contributed by atoms with Gasteiger partial charge in [-0.2, -0.15) is 0 Å². The highest BCUT2D eigenvalue weighted by molar-refractivity contribution is 6.04. The first-order chi connectivity index (χ1) is 14.0. The highest BCUT2D eigenvalue weighted by atomic mass is 16.5. The fourth-order valence-corrected chi connectivity index (χ4v) is 3.32. The topological polar surface area (TPSA) is 76.1 Å². The monoisotopic (exact) mass is 390 g/mol. The van der Waals surface area contributed by atoms with Crippen molar-refractivity contribution >= 4 is 17.5 Å². The Balaban J connectivity index is 1.59. The second-order valence-corrected chi connectivity index (χ2v) is 7.01. The van der Waals surface area contributed by atoms with Crippen LogP contribution in [0, 0.1) is 20.8 Å². The van der Waals surface area contributed by atoms with Gasteiger partial charge in [-0.1, -0.05) is 35.9 Å². The van der Waals surface area contributed by atoms with Crippen LogP contribution in [0.3, 0.4) is 0 Å². The minimum atomic E-state index is -0.222. The Morgan fingerprint density at radius 1 is 1.03 bits per heavy atom. The van der Waals surface area contributed by atoms with Crippen LogP contribution in [0.2, 0.25) is 0 Å². The first-order valence-electron chi connectivity index (χ1n) is 9.55. The van der Waals surface area contributed by atoms with Crippen LogP contribution < -0.4 is 15.4 Å². The minimum absolute atomic E-state index is 0.222. The van der Waals surface area contributed by atoms with Crippen molar-refractivity contribution in [3.05, 3.63) is 76.6 Å². The lowest BCUT2D eigenvalue weighted by Crippen LogP contribution is -2.15. The van der Waals surface area contributed by atoms with Gasteiger partial charge in [0.05, 0.1) is 12.7 Å². The summed E-state index contributed by atoms with van der Waals surface area (Å²) in [6.45, 7) is 6.68. The molecule has 0 aliphatic carbocycles. The molecule has 6 nitrogen and oxygen atoms in total. The van der Waals surface area contributed by atoms with Gasteiger partial charge in [-0.05, 0) is 49.9 Å². The van der Waals surface area contributed by atoms with E-state index in [0.717, 1.165) is 34.5 Å². The van der Waals surface area contributed by atoms with Crippen molar-refractivity contribution in [3.63, 3.8) is 0 Å². The molecule has 0 radical (unpaired) electrons. The molecule has 0 spiro atoms. The Morgan fingerprint density at radius 2 is 1.69 bits per heavy atom. The number of hydrogen-bond acceptors (Lipinski definition) is 5. The van der Waals surface area contributed by atoms with E-state index in [-0.39, 0.29) is 5.91 Å². The van der Waals surface area contributed by atoms with E-state index in [0.29, 0.717) is 18.1 Å². The summed E-state index contributed by atoms with van der Waals surface area (Å²) in [5.74, 6) is 1.13. The molecular weight excluding hydrogens is 364 g/mol.